The van der Waals surface area contributed by atoms with Gasteiger partial charge in [-0.25, -0.2) is 4.79 Å². The summed E-state index contributed by atoms with van der Waals surface area (Å²) in [6.07, 6.45) is 46.7. The number of hydrogen-bond donors (Lipinski definition) is 4. The Balaban J connectivity index is 4.26. The molecule has 2 unspecified atom stereocenters. The zero-order valence-electron chi connectivity index (χ0n) is 33.0. The van der Waals surface area contributed by atoms with E-state index in [0.717, 1.165) is 89.9 Å². The maximum Gasteiger partial charge on any atom is 0.328 e. The van der Waals surface area contributed by atoms with Crippen LogP contribution in [0, 0.1) is 0 Å². The number of aliphatic hydroxyl groups is 1. The van der Waals surface area contributed by atoms with E-state index in [0.29, 0.717) is 12.8 Å². The second kappa shape index (κ2) is 38.0. The predicted octanol–water partition coefficient (Wildman–Crippen LogP) is 9.54. The minimum atomic E-state index is -1.40. The molecule has 0 aliphatic carbocycles. The van der Waals surface area contributed by atoms with Crippen LogP contribution in [0.15, 0.2) is 72.9 Å². The molecule has 0 rings (SSSR count). The van der Waals surface area contributed by atoms with Crippen molar-refractivity contribution in [2.75, 3.05) is 13.2 Å². The van der Waals surface area contributed by atoms with Gasteiger partial charge in [0.05, 0.1) is 13.2 Å². The van der Waals surface area contributed by atoms with Gasteiger partial charge < -0.3 is 25.6 Å². The van der Waals surface area contributed by atoms with Crippen molar-refractivity contribution in [1.82, 2.24) is 10.6 Å². The average molecular weight is 741 g/mol. The predicted molar refractivity (Wildman–Crippen MR) is 217 cm³/mol. The number of allylic oxidation sites excluding steroid dienone is 11. The number of aliphatic hydroxyl groups excluding tert-OH is 1. The highest BCUT2D eigenvalue weighted by atomic mass is 16.5. The molecule has 0 saturated heterocycles. The van der Waals surface area contributed by atoms with Crippen LogP contribution in [0.2, 0.25) is 0 Å². The summed E-state index contributed by atoms with van der Waals surface area (Å²) >= 11 is 0. The van der Waals surface area contributed by atoms with Crippen LogP contribution in [-0.4, -0.2) is 59.3 Å². The van der Waals surface area contributed by atoms with Crippen molar-refractivity contribution < 1.29 is 34.1 Å². The van der Waals surface area contributed by atoms with Gasteiger partial charge in [0.1, 0.15) is 12.1 Å². The lowest BCUT2D eigenvalue weighted by atomic mass is 10.1. The van der Waals surface area contributed by atoms with Gasteiger partial charge in [0.2, 0.25) is 11.8 Å². The Kier molecular flexibility index (Phi) is 35.3. The quantitative estimate of drug-likeness (QED) is 0.0288. The van der Waals surface area contributed by atoms with Crippen LogP contribution >= 0.6 is 0 Å². The van der Waals surface area contributed by atoms with E-state index in [1.54, 1.807) is 0 Å². The third kappa shape index (κ3) is 35.1. The Morgan fingerprint density at radius 3 is 1.74 bits per heavy atom. The van der Waals surface area contributed by atoms with Crippen molar-refractivity contribution in [1.29, 1.82) is 0 Å². The van der Waals surface area contributed by atoms with Crippen molar-refractivity contribution >= 4 is 23.8 Å². The Morgan fingerprint density at radius 2 is 1.13 bits per heavy atom. The van der Waals surface area contributed by atoms with E-state index in [1.807, 2.05) is 6.08 Å². The molecule has 0 bridgehead atoms. The van der Waals surface area contributed by atoms with Crippen LogP contribution in [-0.2, 0) is 23.9 Å². The van der Waals surface area contributed by atoms with Crippen LogP contribution in [0.5, 0.6) is 0 Å². The monoisotopic (exact) mass is 741 g/mol. The summed E-state index contributed by atoms with van der Waals surface area (Å²) in [4.78, 5) is 47.4. The van der Waals surface area contributed by atoms with Gasteiger partial charge >= 0.3 is 11.9 Å². The fourth-order valence-corrected chi connectivity index (χ4v) is 5.29. The first kappa shape index (κ1) is 49.3. The summed E-state index contributed by atoms with van der Waals surface area (Å²) in [7, 11) is 0. The average Bonchev–Trinajstić information content (AvgIpc) is 3.14. The molecule has 9 nitrogen and oxygen atoms in total. The first-order valence-corrected chi connectivity index (χ1v) is 20.3. The molecule has 0 aromatic carbocycles. The Bertz CT molecular complexity index is 1120. The van der Waals surface area contributed by atoms with Gasteiger partial charge in [-0.1, -0.05) is 132 Å². The molecule has 0 aromatic rings. The van der Waals surface area contributed by atoms with Crippen LogP contribution < -0.4 is 10.6 Å². The number of rotatable bonds is 35. The Morgan fingerprint density at radius 1 is 0.604 bits per heavy atom. The number of carbonyl (C=O) groups excluding carboxylic acids is 3. The third-order valence-corrected chi connectivity index (χ3v) is 8.42. The molecular formula is C44H72N2O7. The largest absolute Gasteiger partial charge is 0.480 e. The SMILES string of the molecule is CC/C=C\C/C=C\C/C=C\C/C=C\CCCCCCCCC(=O)OC(/C=C\C/C=C\CCCC)CCCCCCC(=O)NCC(=O)NC(CO)C(=O)O. The third-order valence-electron chi connectivity index (χ3n) is 8.42. The number of amides is 2. The first-order chi connectivity index (χ1) is 25.8. The molecule has 0 saturated carbocycles. The van der Waals surface area contributed by atoms with Crippen molar-refractivity contribution in [3.05, 3.63) is 72.9 Å². The number of esters is 1. The summed E-state index contributed by atoms with van der Waals surface area (Å²) in [5, 5.41) is 22.5. The van der Waals surface area contributed by atoms with Gasteiger partial charge in [-0.15, -0.1) is 0 Å². The molecule has 300 valence electrons. The van der Waals surface area contributed by atoms with Gasteiger partial charge in [-0.3, -0.25) is 14.4 Å². The molecule has 0 heterocycles. The lowest BCUT2D eigenvalue weighted by Gasteiger charge is -2.15. The van der Waals surface area contributed by atoms with Gasteiger partial charge in [-0.05, 0) is 83.1 Å². The van der Waals surface area contributed by atoms with E-state index in [4.69, 9.17) is 14.9 Å². The Hall–Kier alpha value is -3.72. The highest BCUT2D eigenvalue weighted by Crippen LogP contribution is 2.14. The summed E-state index contributed by atoms with van der Waals surface area (Å²) < 4.78 is 5.86. The second-order valence-electron chi connectivity index (χ2n) is 13.3. The highest BCUT2D eigenvalue weighted by molar-refractivity contribution is 5.87. The molecule has 2 atom stereocenters. The molecule has 0 spiro atoms. The number of aliphatic carboxylic acids is 1. The minimum absolute atomic E-state index is 0.146. The lowest BCUT2D eigenvalue weighted by Crippen LogP contribution is -2.47. The van der Waals surface area contributed by atoms with Gasteiger partial charge in [0, 0.05) is 12.8 Å². The fraction of sp³-hybridized carbons (Fsp3) is 0.636. The van der Waals surface area contributed by atoms with Crippen LogP contribution in [0.4, 0.5) is 0 Å². The minimum Gasteiger partial charge on any atom is -0.480 e. The standard InChI is InChI=1S/C44H72N2O7/c1-3-5-7-9-11-12-13-14-15-16-17-18-19-20-21-22-24-26-32-36-43(50)53-39(33-29-25-23-10-8-6-4-2)34-30-27-28-31-35-41(48)45-37-42(49)46-40(38-47)44(51)52/h5,7,10-12,14-15,17-18,23,29,33,39-40,47H,3-4,6,8-9,13,16,19-22,24-28,30-32,34-38H2,1-2H3,(H,45,48)(H,46,49)(H,51,52)/b7-5-,12-11-,15-14-,18-17-,23-10-,33-29-. The molecule has 9 heteroatoms. The smallest absolute Gasteiger partial charge is 0.328 e. The molecule has 4 N–H and O–H groups in total. The van der Waals surface area contributed by atoms with E-state index in [9.17, 15) is 19.2 Å². The maximum atomic E-state index is 12.7. The molecule has 0 aliphatic rings. The van der Waals surface area contributed by atoms with Crippen LogP contribution in [0.25, 0.3) is 0 Å². The second-order valence-corrected chi connectivity index (χ2v) is 13.3. The molecule has 2 amide bonds. The molecule has 0 fully saturated rings. The number of ether oxygens (including phenoxy) is 1. The van der Waals surface area contributed by atoms with E-state index >= 15 is 0 Å². The van der Waals surface area contributed by atoms with E-state index < -0.39 is 24.5 Å². The van der Waals surface area contributed by atoms with Gasteiger partial charge in [0.15, 0.2) is 0 Å². The van der Waals surface area contributed by atoms with E-state index in [-0.39, 0.29) is 30.9 Å². The van der Waals surface area contributed by atoms with Crippen molar-refractivity contribution in [3.63, 3.8) is 0 Å². The Labute approximate surface area is 321 Å². The maximum absolute atomic E-state index is 12.7. The summed E-state index contributed by atoms with van der Waals surface area (Å²) in [5.41, 5.74) is 0. The number of unbranched alkanes of at least 4 members (excludes halogenated alkanes) is 11. The number of nitrogens with one attached hydrogen (secondary N) is 2. The summed E-state index contributed by atoms with van der Waals surface area (Å²) in [6, 6.07) is -1.40. The number of carboxylic acids is 1. The van der Waals surface area contributed by atoms with Gasteiger partial charge in [-0.2, -0.15) is 0 Å². The zero-order chi connectivity index (χ0) is 39.0. The fourth-order valence-electron chi connectivity index (χ4n) is 5.29. The molecule has 53 heavy (non-hydrogen) atoms. The zero-order valence-corrected chi connectivity index (χ0v) is 33.0. The van der Waals surface area contributed by atoms with Crippen molar-refractivity contribution in [2.45, 2.75) is 167 Å². The number of carboxylic acid groups (broad SMARTS) is 1. The molecule has 0 radical (unpaired) electrons. The first-order valence-electron chi connectivity index (χ1n) is 20.3. The summed E-state index contributed by atoms with van der Waals surface area (Å²) in [6.45, 7) is 3.26. The van der Waals surface area contributed by atoms with Gasteiger partial charge in [0.25, 0.3) is 0 Å². The summed E-state index contributed by atoms with van der Waals surface area (Å²) in [5.74, 6) is -2.45. The number of carbonyl (C=O) groups is 4. The normalized spacial score (nSPS) is 13.3. The van der Waals surface area contributed by atoms with Crippen LogP contribution in [0.3, 0.4) is 0 Å². The van der Waals surface area contributed by atoms with Crippen LogP contribution in [0.1, 0.15) is 155 Å². The lowest BCUT2D eigenvalue weighted by molar-refractivity contribution is -0.147. The molecule has 0 aliphatic heterocycles. The van der Waals surface area contributed by atoms with E-state index in [2.05, 4.69) is 91.3 Å². The molecular weight excluding hydrogens is 668 g/mol. The van der Waals surface area contributed by atoms with Crippen molar-refractivity contribution in [2.24, 2.45) is 0 Å². The molecule has 0 aromatic heterocycles. The van der Waals surface area contributed by atoms with Crippen molar-refractivity contribution in [3.8, 4) is 0 Å². The number of hydrogen-bond acceptors (Lipinski definition) is 6. The topological polar surface area (TPSA) is 142 Å². The van der Waals surface area contributed by atoms with E-state index in [1.165, 1.54) is 32.1 Å². The highest BCUT2D eigenvalue weighted by Gasteiger charge is 2.18.